The largest absolute Gasteiger partial charge is 0.423 e. The fourth-order valence-corrected chi connectivity index (χ4v) is 3.44. The second-order valence-corrected chi connectivity index (χ2v) is 5.18. The molecule has 0 aliphatic heterocycles. The van der Waals surface area contributed by atoms with Crippen molar-refractivity contribution in [3.05, 3.63) is 29.8 Å². The highest BCUT2D eigenvalue weighted by molar-refractivity contribution is 14.1. The van der Waals surface area contributed by atoms with E-state index in [2.05, 4.69) is 34.7 Å². The summed E-state index contributed by atoms with van der Waals surface area (Å²) >= 11 is 2.35. The Hall–Kier alpha value is 0.0869. The lowest BCUT2D eigenvalue weighted by atomic mass is 10.2. The van der Waals surface area contributed by atoms with Crippen LogP contribution < -0.4 is 5.19 Å². The van der Waals surface area contributed by atoms with Crippen molar-refractivity contribution in [1.29, 1.82) is 0 Å². The summed E-state index contributed by atoms with van der Waals surface area (Å²) < 4.78 is 11.6. The van der Waals surface area contributed by atoms with Crippen LogP contribution in [-0.4, -0.2) is 23.5 Å². The predicted octanol–water partition coefficient (Wildman–Crippen LogP) is 1.61. The summed E-state index contributed by atoms with van der Waals surface area (Å²) in [7, 11) is 2.14. The van der Waals surface area contributed by atoms with Crippen LogP contribution in [0.4, 0.5) is 0 Å². The third kappa shape index (κ3) is 2.77. The molecule has 0 heterocycles. The number of hydrogen-bond donors (Lipinski definition) is 0. The number of halogens is 1. The molecule has 0 amide bonds. The molecule has 0 atom stereocenters. The summed E-state index contributed by atoms with van der Waals surface area (Å²) in [6.07, 6.45) is 0. The van der Waals surface area contributed by atoms with E-state index in [-0.39, 0.29) is 0 Å². The van der Waals surface area contributed by atoms with Gasteiger partial charge in [0.25, 0.3) is 0 Å². The van der Waals surface area contributed by atoms with E-state index >= 15 is 0 Å². The van der Waals surface area contributed by atoms with Gasteiger partial charge >= 0.3 is 9.28 Å². The lowest BCUT2D eigenvalue weighted by Crippen LogP contribution is -2.36. The Labute approximate surface area is 94.2 Å². The molecule has 0 bridgehead atoms. The monoisotopic (exact) mass is 307 g/mol. The van der Waals surface area contributed by atoms with Gasteiger partial charge in [-0.15, -0.1) is 0 Å². The van der Waals surface area contributed by atoms with Crippen molar-refractivity contribution < 1.29 is 8.85 Å². The van der Waals surface area contributed by atoms with Crippen molar-refractivity contribution in [2.75, 3.05) is 14.2 Å². The summed E-state index contributed by atoms with van der Waals surface area (Å²) in [5, 5.41) is 1.21. The molecule has 0 aromatic heterocycles. The van der Waals surface area contributed by atoms with E-state index < -0.39 is 9.28 Å². The number of benzene rings is 1. The van der Waals surface area contributed by atoms with E-state index in [1.165, 1.54) is 10.8 Å². The van der Waals surface area contributed by atoms with E-state index in [1.807, 2.05) is 12.1 Å². The average molecular weight is 307 g/mol. The van der Waals surface area contributed by atoms with Crippen LogP contribution in [0.15, 0.2) is 24.3 Å². The van der Waals surface area contributed by atoms with Crippen LogP contribution in [0, 0.1) is 0 Å². The molecule has 0 saturated heterocycles. The number of rotatable bonds is 4. The maximum Gasteiger partial charge on any atom is 0.423 e. The Bertz CT molecular complexity index is 264. The molecule has 13 heavy (non-hydrogen) atoms. The van der Waals surface area contributed by atoms with E-state index in [9.17, 15) is 0 Å². The van der Waals surface area contributed by atoms with Gasteiger partial charge in [-0.1, -0.05) is 46.9 Å². The van der Waals surface area contributed by atoms with E-state index in [1.54, 1.807) is 14.2 Å². The Balaban J connectivity index is 2.96. The van der Waals surface area contributed by atoms with Gasteiger partial charge in [0, 0.05) is 18.6 Å². The molecule has 4 heteroatoms. The zero-order valence-electron chi connectivity index (χ0n) is 7.71. The maximum absolute atomic E-state index is 5.30. The first-order valence-electron chi connectivity index (χ1n) is 3.92. The van der Waals surface area contributed by atoms with Gasteiger partial charge in [0.1, 0.15) is 0 Å². The van der Waals surface area contributed by atoms with Crippen molar-refractivity contribution in [2.24, 2.45) is 0 Å². The Morgan fingerprint density at radius 3 is 2.38 bits per heavy atom. The van der Waals surface area contributed by atoms with Gasteiger partial charge in [0.15, 0.2) is 0 Å². The quantitative estimate of drug-likeness (QED) is 0.478. The van der Waals surface area contributed by atoms with Crippen LogP contribution in [0.3, 0.4) is 0 Å². The number of hydrogen-bond acceptors (Lipinski definition) is 2. The van der Waals surface area contributed by atoms with Crippen molar-refractivity contribution in [3.8, 4) is 0 Å². The van der Waals surface area contributed by atoms with Crippen LogP contribution in [-0.2, 0) is 13.3 Å². The first kappa shape index (κ1) is 11.2. The number of alkyl halides is 1. The van der Waals surface area contributed by atoms with Gasteiger partial charge in [-0.05, 0) is 10.8 Å². The van der Waals surface area contributed by atoms with Crippen molar-refractivity contribution >= 4 is 37.1 Å². The molecule has 0 aliphatic carbocycles. The van der Waals surface area contributed by atoms with Gasteiger partial charge in [-0.25, -0.2) is 0 Å². The summed E-state index contributed by atoms with van der Waals surface area (Å²) in [6.45, 7) is 0. The summed E-state index contributed by atoms with van der Waals surface area (Å²) in [5.41, 5.74) is 1.31. The molecule has 71 valence electrons. The fourth-order valence-electron chi connectivity index (χ4n) is 1.14. The third-order valence-electron chi connectivity index (χ3n) is 1.75. The van der Waals surface area contributed by atoms with Crippen LogP contribution in [0.25, 0.3) is 0 Å². The highest BCUT2D eigenvalue weighted by Gasteiger charge is 2.18. The molecule has 0 spiro atoms. The van der Waals surface area contributed by atoms with E-state index in [0.29, 0.717) is 0 Å². The molecule has 0 N–H and O–H groups in total. The van der Waals surface area contributed by atoms with Gasteiger partial charge in [-0.2, -0.15) is 0 Å². The topological polar surface area (TPSA) is 18.5 Å². The third-order valence-corrected chi connectivity index (χ3v) is 4.24. The Kier molecular flexibility index (Phi) is 4.93. The summed E-state index contributed by atoms with van der Waals surface area (Å²) in [6, 6.07) is 8.26. The van der Waals surface area contributed by atoms with Crippen LogP contribution >= 0.6 is 22.6 Å². The first-order chi connectivity index (χ1) is 6.33. The van der Waals surface area contributed by atoms with Gasteiger partial charge in [-0.3, -0.25) is 0 Å². The molecule has 1 aromatic carbocycles. The standard InChI is InChI=1S/C9H12IO2Si/c1-11-13(12-2)9-6-4-3-5-8(9)7-10/h3-6H,7H2,1-2H3. The highest BCUT2D eigenvalue weighted by atomic mass is 127. The minimum atomic E-state index is -1.25. The smallest absolute Gasteiger partial charge is 0.393 e. The lowest BCUT2D eigenvalue weighted by molar-refractivity contribution is 0.291. The molecule has 2 nitrogen and oxygen atoms in total. The van der Waals surface area contributed by atoms with Crippen molar-refractivity contribution in [1.82, 2.24) is 0 Å². The second-order valence-electron chi connectivity index (χ2n) is 2.49. The molecule has 0 unspecified atom stereocenters. The van der Waals surface area contributed by atoms with Crippen molar-refractivity contribution in [3.63, 3.8) is 0 Å². The zero-order valence-corrected chi connectivity index (χ0v) is 10.9. The summed E-state index contributed by atoms with van der Waals surface area (Å²) in [4.78, 5) is 0. The first-order valence-corrected chi connectivity index (χ1v) is 6.76. The van der Waals surface area contributed by atoms with Crippen LogP contribution in [0.2, 0.25) is 0 Å². The minimum Gasteiger partial charge on any atom is -0.393 e. The highest BCUT2D eigenvalue weighted by Crippen LogP contribution is 2.04. The SMILES string of the molecule is CO[Si](OC)c1ccccc1CI. The molecule has 0 aliphatic rings. The second kappa shape index (κ2) is 5.74. The molecule has 1 rings (SSSR count). The Morgan fingerprint density at radius 1 is 1.23 bits per heavy atom. The average Bonchev–Trinajstić information content (AvgIpc) is 2.20. The summed E-state index contributed by atoms with van der Waals surface area (Å²) in [5.74, 6) is 0. The molecular weight excluding hydrogens is 295 g/mol. The van der Waals surface area contributed by atoms with Gasteiger partial charge in [0.05, 0.1) is 0 Å². The molecule has 0 fully saturated rings. The predicted molar refractivity (Wildman–Crippen MR) is 63.6 cm³/mol. The molecule has 1 aromatic rings. The Morgan fingerprint density at radius 2 is 1.85 bits per heavy atom. The maximum atomic E-state index is 5.30. The van der Waals surface area contributed by atoms with E-state index in [4.69, 9.17) is 8.85 Å². The minimum absolute atomic E-state index is 0.995. The lowest BCUT2D eigenvalue weighted by Gasteiger charge is -2.12. The van der Waals surface area contributed by atoms with Crippen LogP contribution in [0.1, 0.15) is 5.56 Å². The van der Waals surface area contributed by atoms with Gasteiger partial charge in [0.2, 0.25) is 0 Å². The zero-order chi connectivity index (χ0) is 9.68. The van der Waals surface area contributed by atoms with Crippen molar-refractivity contribution in [2.45, 2.75) is 4.43 Å². The van der Waals surface area contributed by atoms with E-state index in [0.717, 1.165) is 4.43 Å². The normalized spacial score (nSPS) is 10.8. The molecular formula is C9H12IO2Si. The van der Waals surface area contributed by atoms with Gasteiger partial charge < -0.3 is 8.85 Å². The fraction of sp³-hybridized carbons (Fsp3) is 0.333. The molecule has 0 saturated carbocycles. The van der Waals surface area contributed by atoms with Crippen LogP contribution in [0.5, 0.6) is 0 Å². The molecule has 1 radical (unpaired) electrons.